The lowest BCUT2D eigenvalue weighted by molar-refractivity contribution is 0.0513. The highest BCUT2D eigenvalue weighted by molar-refractivity contribution is 7.99. The van der Waals surface area contributed by atoms with Gasteiger partial charge in [-0.05, 0) is 59.9 Å². The van der Waals surface area contributed by atoms with Crippen LogP contribution in [-0.2, 0) is 16.0 Å². The Balaban J connectivity index is 1.98. The first-order valence-corrected chi connectivity index (χ1v) is 12.2. The van der Waals surface area contributed by atoms with E-state index in [2.05, 4.69) is 10.2 Å². The van der Waals surface area contributed by atoms with Crippen molar-refractivity contribution in [1.29, 1.82) is 0 Å². The zero-order valence-electron chi connectivity index (χ0n) is 20.4. The molecule has 33 heavy (non-hydrogen) atoms. The molecule has 0 saturated carbocycles. The van der Waals surface area contributed by atoms with Gasteiger partial charge in [0.25, 0.3) is 0 Å². The molecule has 2 rings (SSSR count). The predicted octanol–water partition coefficient (Wildman–Crippen LogP) is 3.75. The lowest BCUT2D eigenvalue weighted by Crippen LogP contribution is -2.37. The molecule has 0 aliphatic rings. The number of nitrogens with one attached hydrogen (secondary N) is 1. The molecule has 0 bridgehead atoms. The monoisotopic (exact) mass is 477 g/mol. The number of carbonyl (C=O) groups is 2. The molecule has 0 spiro atoms. The number of hydrogen-bond acceptors (Lipinski definition) is 7. The largest absolute Gasteiger partial charge is 0.462 e. The summed E-state index contributed by atoms with van der Waals surface area (Å²) < 4.78 is 12.2. The number of aromatic nitrogens is 1. The van der Waals surface area contributed by atoms with E-state index in [1.165, 1.54) is 0 Å². The highest BCUT2D eigenvalue weighted by atomic mass is 32.2. The Hall–Kier alpha value is -2.52. The van der Waals surface area contributed by atoms with E-state index in [0.29, 0.717) is 25.0 Å². The molecule has 1 aromatic carbocycles. The average molecular weight is 478 g/mol. The lowest BCUT2D eigenvalue weighted by Gasteiger charge is -2.21. The van der Waals surface area contributed by atoms with Gasteiger partial charge in [0, 0.05) is 48.4 Å². The van der Waals surface area contributed by atoms with Crippen LogP contribution in [0.3, 0.4) is 0 Å². The second-order valence-corrected chi connectivity index (χ2v) is 9.81. The number of pyridine rings is 1. The van der Waals surface area contributed by atoms with Crippen molar-refractivity contribution in [3.63, 3.8) is 0 Å². The van der Waals surface area contributed by atoms with Crippen molar-refractivity contribution in [2.45, 2.75) is 51.7 Å². The molecular formula is C24H35N3O5S. The maximum atomic E-state index is 12.9. The number of alkyl carbamates (subject to hydrolysis) is 1. The zero-order valence-corrected chi connectivity index (χ0v) is 21.2. The van der Waals surface area contributed by atoms with Crippen LogP contribution in [0.25, 0.3) is 10.9 Å². The van der Waals surface area contributed by atoms with E-state index in [0.717, 1.165) is 22.7 Å². The predicted molar refractivity (Wildman–Crippen MR) is 132 cm³/mol. The van der Waals surface area contributed by atoms with Gasteiger partial charge in [-0.1, -0.05) is 0 Å². The van der Waals surface area contributed by atoms with Crippen LogP contribution in [0.15, 0.2) is 34.1 Å². The summed E-state index contributed by atoms with van der Waals surface area (Å²) in [5, 5.41) is 3.27. The smallest absolute Gasteiger partial charge is 0.407 e. The fourth-order valence-electron chi connectivity index (χ4n) is 3.18. The van der Waals surface area contributed by atoms with E-state index in [9.17, 15) is 14.4 Å². The summed E-state index contributed by atoms with van der Waals surface area (Å²) in [6, 6.07) is 5.76. The number of hydrogen-bond donors (Lipinski definition) is 1. The number of carbonyl (C=O) groups excluding carboxylic acids is 2. The number of nitrogens with zero attached hydrogens (tertiary/aromatic N) is 2. The number of ether oxygens (including phenoxy) is 2. The Morgan fingerprint density at radius 3 is 2.55 bits per heavy atom. The quantitative estimate of drug-likeness (QED) is 0.412. The third-order valence-electron chi connectivity index (χ3n) is 4.79. The number of aryl methyl sites for hydroxylation is 1. The van der Waals surface area contributed by atoms with E-state index in [1.807, 2.05) is 57.5 Å². The molecule has 0 radical (unpaired) electrons. The van der Waals surface area contributed by atoms with Crippen LogP contribution in [0.5, 0.6) is 0 Å². The fraction of sp³-hybridized carbons (Fsp3) is 0.542. The van der Waals surface area contributed by atoms with E-state index in [1.54, 1.807) is 24.9 Å². The van der Waals surface area contributed by atoms with Crippen LogP contribution in [0.4, 0.5) is 4.79 Å². The van der Waals surface area contributed by atoms with E-state index in [4.69, 9.17) is 9.47 Å². The molecule has 0 fully saturated rings. The molecule has 9 heteroatoms. The van der Waals surface area contributed by atoms with E-state index >= 15 is 0 Å². The number of fused-ring (bicyclic) bond motifs is 1. The number of likely N-dealkylation sites (N-methyl/N-ethyl adjacent to an activating group) is 1. The summed E-state index contributed by atoms with van der Waals surface area (Å²) >= 11 is 1.64. The molecule has 1 heterocycles. The van der Waals surface area contributed by atoms with Crippen molar-refractivity contribution < 1.29 is 19.1 Å². The summed E-state index contributed by atoms with van der Waals surface area (Å²) in [7, 11) is 1.99. The topological polar surface area (TPSA) is 89.9 Å². The van der Waals surface area contributed by atoms with Gasteiger partial charge in [0.1, 0.15) is 11.2 Å². The summed E-state index contributed by atoms with van der Waals surface area (Å²) in [5.41, 5.74) is 0.0425. The number of thioether (sulfide) groups is 1. The molecule has 1 amide bonds. The lowest BCUT2D eigenvalue weighted by atomic mass is 10.1. The third kappa shape index (κ3) is 8.08. The Morgan fingerprint density at radius 2 is 1.91 bits per heavy atom. The van der Waals surface area contributed by atoms with Crippen LogP contribution in [0.1, 0.15) is 45.0 Å². The second-order valence-electron chi connectivity index (χ2n) is 8.64. The first-order valence-electron chi connectivity index (χ1n) is 11.2. The van der Waals surface area contributed by atoms with Crippen molar-refractivity contribution in [3.05, 3.63) is 40.2 Å². The minimum Gasteiger partial charge on any atom is -0.462 e. The SMILES string of the molecule is CCOC(=O)c1cn(CC)c2ccc(SCCN(C)CCNC(=O)OC(C)(C)C)cc2c1=O. The van der Waals surface area contributed by atoms with Crippen molar-refractivity contribution in [2.24, 2.45) is 0 Å². The molecule has 0 atom stereocenters. The molecule has 1 aromatic heterocycles. The van der Waals surface area contributed by atoms with Gasteiger partial charge < -0.3 is 24.3 Å². The Morgan fingerprint density at radius 1 is 1.18 bits per heavy atom. The van der Waals surface area contributed by atoms with Crippen LogP contribution in [0, 0.1) is 0 Å². The molecular weight excluding hydrogens is 442 g/mol. The maximum absolute atomic E-state index is 12.9. The summed E-state index contributed by atoms with van der Waals surface area (Å²) in [6.07, 6.45) is 1.16. The Labute approximate surface area is 199 Å². The number of benzene rings is 1. The number of esters is 1. The van der Waals surface area contributed by atoms with E-state index < -0.39 is 17.7 Å². The van der Waals surface area contributed by atoms with Gasteiger partial charge in [0.2, 0.25) is 5.43 Å². The normalized spacial score (nSPS) is 11.6. The van der Waals surface area contributed by atoms with Gasteiger partial charge in [0.05, 0.1) is 12.1 Å². The number of amides is 1. The van der Waals surface area contributed by atoms with Crippen molar-refractivity contribution in [2.75, 3.05) is 39.0 Å². The van der Waals surface area contributed by atoms with Crippen LogP contribution >= 0.6 is 11.8 Å². The average Bonchev–Trinajstić information content (AvgIpc) is 2.73. The molecule has 182 valence electrons. The van der Waals surface area contributed by atoms with Crippen molar-refractivity contribution in [1.82, 2.24) is 14.8 Å². The molecule has 8 nitrogen and oxygen atoms in total. The van der Waals surface area contributed by atoms with Crippen LogP contribution in [0.2, 0.25) is 0 Å². The summed E-state index contributed by atoms with van der Waals surface area (Å²) in [6.45, 7) is 12.0. The van der Waals surface area contributed by atoms with Gasteiger partial charge in [-0.15, -0.1) is 11.8 Å². The van der Waals surface area contributed by atoms with Gasteiger partial charge in [-0.2, -0.15) is 0 Å². The fourth-order valence-corrected chi connectivity index (χ4v) is 4.18. The summed E-state index contributed by atoms with van der Waals surface area (Å²) in [4.78, 5) is 39.9. The number of rotatable bonds is 10. The maximum Gasteiger partial charge on any atom is 0.407 e. The van der Waals surface area contributed by atoms with Crippen LogP contribution in [-0.4, -0.2) is 66.2 Å². The Bertz CT molecular complexity index is 1030. The Kier molecular flexibility index (Phi) is 9.79. The molecule has 0 unspecified atom stereocenters. The minimum absolute atomic E-state index is 0.0607. The molecule has 2 aromatic rings. The van der Waals surface area contributed by atoms with Gasteiger partial charge in [-0.25, -0.2) is 9.59 Å². The highest BCUT2D eigenvalue weighted by Gasteiger charge is 2.17. The second kappa shape index (κ2) is 12.1. The highest BCUT2D eigenvalue weighted by Crippen LogP contribution is 2.23. The standard InChI is InChI=1S/C24H35N3O5S/c1-7-27-16-19(22(29)31-8-2)21(28)18-15-17(9-10-20(18)27)33-14-13-26(6)12-11-25-23(30)32-24(3,4)5/h9-10,15-16H,7-8,11-14H2,1-6H3,(H,25,30). The van der Waals surface area contributed by atoms with E-state index in [-0.39, 0.29) is 17.6 Å². The molecule has 0 saturated heterocycles. The third-order valence-corrected chi connectivity index (χ3v) is 5.77. The zero-order chi connectivity index (χ0) is 24.6. The van der Waals surface area contributed by atoms with Gasteiger partial charge in [-0.3, -0.25) is 4.79 Å². The van der Waals surface area contributed by atoms with Crippen molar-refractivity contribution in [3.8, 4) is 0 Å². The van der Waals surface area contributed by atoms with Crippen molar-refractivity contribution >= 4 is 34.7 Å². The minimum atomic E-state index is -0.591. The van der Waals surface area contributed by atoms with Crippen LogP contribution < -0.4 is 10.7 Å². The van der Waals surface area contributed by atoms with Gasteiger partial charge >= 0.3 is 12.1 Å². The molecule has 1 N–H and O–H groups in total. The first kappa shape index (κ1) is 26.7. The van der Waals surface area contributed by atoms with Gasteiger partial charge in [0.15, 0.2) is 0 Å². The summed E-state index contributed by atoms with van der Waals surface area (Å²) in [5.74, 6) is 0.222. The first-order chi connectivity index (χ1) is 15.6. The molecule has 0 aliphatic heterocycles. The molecule has 0 aliphatic carbocycles.